The second kappa shape index (κ2) is 6.03. The van der Waals surface area contributed by atoms with E-state index in [1.165, 1.54) is 23.4 Å². The third-order valence-corrected chi connectivity index (χ3v) is 6.36. The van der Waals surface area contributed by atoms with Crippen LogP contribution in [0.2, 0.25) is 0 Å². The van der Waals surface area contributed by atoms with Crippen LogP contribution in [0.4, 0.5) is 10.5 Å². The van der Waals surface area contributed by atoms with Gasteiger partial charge in [-0.15, -0.1) is 11.8 Å². The van der Waals surface area contributed by atoms with Crippen molar-refractivity contribution in [3.63, 3.8) is 0 Å². The molecule has 1 saturated heterocycles. The molecule has 0 radical (unpaired) electrons. The third kappa shape index (κ3) is 2.56. The van der Waals surface area contributed by atoms with E-state index in [-0.39, 0.29) is 11.5 Å². The zero-order chi connectivity index (χ0) is 15.7. The molecule has 0 saturated carbocycles. The van der Waals surface area contributed by atoms with Gasteiger partial charge in [-0.25, -0.2) is 4.79 Å². The van der Waals surface area contributed by atoms with Crippen molar-refractivity contribution in [1.82, 2.24) is 5.32 Å². The number of likely N-dealkylation sites (N-methyl/N-ethyl adjacent to an activating group) is 1. The summed E-state index contributed by atoms with van der Waals surface area (Å²) in [5, 5.41) is 3.29. The molecule has 1 fully saturated rings. The molecule has 22 heavy (non-hydrogen) atoms. The van der Waals surface area contributed by atoms with E-state index in [1.807, 2.05) is 17.8 Å². The fraction of sp³-hybridized carbons (Fsp3) is 0.588. The summed E-state index contributed by atoms with van der Waals surface area (Å²) in [4.78, 5) is 14.2. The highest BCUT2D eigenvalue weighted by atomic mass is 32.2. The molecule has 0 spiro atoms. The zero-order valence-electron chi connectivity index (χ0n) is 13.5. The van der Waals surface area contributed by atoms with E-state index in [9.17, 15) is 4.79 Å². The molecule has 2 aliphatic heterocycles. The molecule has 0 bridgehead atoms. The van der Waals surface area contributed by atoms with Crippen LogP contribution in [0.25, 0.3) is 0 Å². The number of hydrogen-bond acceptors (Lipinski definition) is 4. The van der Waals surface area contributed by atoms with Gasteiger partial charge < -0.3 is 15.0 Å². The minimum absolute atomic E-state index is 0.160. The van der Waals surface area contributed by atoms with Crippen molar-refractivity contribution in [2.45, 2.75) is 43.9 Å². The van der Waals surface area contributed by atoms with E-state index in [0.717, 1.165) is 12.8 Å². The Hall–Kier alpha value is -1.36. The average Bonchev–Trinajstić information content (AvgIpc) is 2.97. The van der Waals surface area contributed by atoms with Gasteiger partial charge in [-0.2, -0.15) is 0 Å². The van der Waals surface area contributed by atoms with Crippen molar-refractivity contribution in [2.75, 3.05) is 24.2 Å². The third-order valence-electron chi connectivity index (χ3n) is 4.77. The molecule has 3 rings (SSSR count). The molecule has 1 amide bonds. The molecular formula is C17H24N2O2S. The summed E-state index contributed by atoms with van der Waals surface area (Å²) in [5.41, 5.74) is 2.73. The number of benzene rings is 1. The van der Waals surface area contributed by atoms with Gasteiger partial charge in [0.15, 0.2) is 0 Å². The second-order valence-electron chi connectivity index (χ2n) is 6.35. The van der Waals surface area contributed by atoms with Gasteiger partial charge >= 0.3 is 6.09 Å². The van der Waals surface area contributed by atoms with Crippen molar-refractivity contribution in [3.05, 3.63) is 23.8 Å². The first-order valence-electron chi connectivity index (χ1n) is 8.01. The van der Waals surface area contributed by atoms with E-state index in [0.29, 0.717) is 17.7 Å². The molecule has 2 aliphatic rings. The first-order chi connectivity index (χ1) is 10.6. The Kier molecular flexibility index (Phi) is 4.26. The van der Waals surface area contributed by atoms with Crippen LogP contribution in [-0.2, 0) is 5.41 Å². The Morgan fingerprint density at radius 2 is 2.36 bits per heavy atom. The molecular weight excluding hydrogens is 296 g/mol. The summed E-state index contributed by atoms with van der Waals surface area (Å²) < 4.78 is 5.44. The number of unbranched alkanes of at least 4 members (excludes halogenated alkanes) is 1. The summed E-state index contributed by atoms with van der Waals surface area (Å²) in [6.45, 7) is 5.09. The van der Waals surface area contributed by atoms with Gasteiger partial charge in [0.1, 0.15) is 5.75 Å². The number of amides is 1. The molecule has 1 aromatic carbocycles. The van der Waals surface area contributed by atoms with Crippen molar-refractivity contribution in [1.29, 1.82) is 0 Å². The maximum atomic E-state index is 11.8. The number of carbonyl (C=O) groups excluding carboxylic acids is 1. The zero-order valence-corrected chi connectivity index (χ0v) is 14.3. The molecule has 2 heterocycles. The van der Waals surface area contributed by atoms with Gasteiger partial charge in [-0.1, -0.05) is 20.3 Å². The molecule has 1 aromatic rings. The van der Waals surface area contributed by atoms with E-state index in [1.54, 1.807) is 0 Å². The number of nitrogens with one attached hydrogen (secondary N) is 1. The fourth-order valence-electron chi connectivity index (χ4n) is 3.48. The topological polar surface area (TPSA) is 41.6 Å². The largest absolute Gasteiger partial charge is 0.412 e. The van der Waals surface area contributed by atoms with E-state index < -0.39 is 0 Å². The molecule has 1 N–H and O–H groups in total. The van der Waals surface area contributed by atoms with Crippen LogP contribution >= 0.6 is 11.8 Å². The van der Waals surface area contributed by atoms with E-state index in [2.05, 4.69) is 43.2 Å². The number of ether oxygens (including phenoxy) is 1. The average molecular weight is 320 g/mol. The SMILES string of the molecule is CCCCNC(=O)Oc1ccc2c(c1)[C@]1(C)CCS[C@@H]1N2C. The van der Waals surface area contributed by atoms with Gasteiger partial charge in [-0.3, -0.25) is 0 Å². The quantitative estimate of drug-likeness (QED) is 0.858. The van der Waals surface area contributed by atoms with Crippen molar-refractivity contribution < 1.29 is 9.53 Å². The highest BCUT2D eigenvalue weighted by Crippen LogP contribution is 2.55. The van der Waals surface area contributed by atoms with Crippen LogP contribution in [0.5, 0.6) is 5.75 Å². The first kappa shape index (κ1) is 15.5. The molecule has 0 aliphatic carbocycles. The van der Waals surface area contributed by atoms with Crippen molar-refractivity contribution in [2.24, 2.45) is 0 Å². The number of anilines is 1. The van der Waals surface area contributed by atoms with Crippen LogP contribution < -0.4 is 15.0 Å². The molecule has 5 heteroatoms. The number of carbonyl (C=O) groups is 1. The first-order valence-corrected chi connectivity index (χ1v) is 9.06. The van der Waals surface area contributed by atoms with Gasteiger partial charge in [0.05, 0.1) is 5.37 Å². The fourth-order valence-corrected chi connectivity index (χ4v) is 5.19. The van der Waals surface area contributed by atoms with Gasteiger partial charge in [0.2, 0.25) is 0 Å². The van der Waals surface area contributed by atoms with Gasteiger partial charge in [-0.05, 0) is 42.4 Å². The highest BCUT2D eigenvalue weighted by molar-refractivity contribution is 8.00. The summed E-state index contributed by atoms with van der Waals surface area (Å²) in [6, 6.07) is 6.02. The molecule has 2 atom stereocenters. The Morgan fingerprint density at radius 3 is 3.14 bits per heavy atom. The Labute approximate surface area is 136 Å². The van der Waals surface area contributed by atoms with Crippen LogP contribution in [0, 0.1) is 0 Å². The lowest BCUT2D eigenvalue weighted by atomic mass is 9.82. The number of hydrogen-bond donors (Lipinski definition) is 1. The smallest absolute Gasteiger partial charge is 0.410 e. The number of nitrogens with zero attached hydrogens (tertiary/aromatic N) is 1. The maximum absolute atomic E-state index is 11.8. The molecule has 0 unspecified atom stereocenters. The van der Waals surface area contributed by atoms with Gasteiger partial charge in [0, 0.05) is 24.7 Å². The second-order valence-corrected chi connectivity index (χ2v) is 7.54. The lowest BCUT2D eigenvalue weighted by Gasteiger charge is -2.27. The normalized spacial score (nSPS) is 25.8. The maximum Gasteiger partial charge on any atom is 0.412 e. The minimum Gasteiger partial charge on any atom is -0.410 e. The monoisotopic (exact) mass is 320 g/mol. The number of thioether (sulfide) groups is 1. The standard InChI is InChI=1S/C17H24N2O2S/c1-4-5-9-18-16(20)21-12-6-7-14-13(11-12)17(2)8-10-22-15(17)19(14)3/h6-7,11,15H,4-5,8-10H2,1-3H3,(H,18,20)/t15-,17-/m0/s1. The van der Waals surface area contributed by atoms with Crippen LogP contribution in [0.3, 0.4) is 0 Å². The Balaban J connectivity index is 1.76. The molecule has 4 nitrogen and oxygen atoms in total. The lowest BCUT2D eigenvalue weighted by molar-refractivity contribution is 0.200. The summed E-state index contributed by atoms with van der Waals surface area (Å²) in [7, 11) is 2.16. The summed E-state index contributed by atoms with van der Waals surface area (Å²) in [6.07, 6.45) is 2.85. The summed E-state index contributed by atoms with van der Waals surface area (Å²) >= 11 is 2.02. The number of rotatable bonds is 4. The lowest BCUT2D eigenvalue weighted by Crippen LogP contribution is -2.34. The van der Waals surface area contributed by atoms with Crippen LogP contribution in [-0.4, -0.2) is 30.8 Å². The Morgan fingerprint density at radius 1 is 1.55 bits per heavy atom. The van der Waals surface area contributed by atoms with E-state index in [4.69, 9.17) is 4.74 Å². The van der Waals surface area contributed by atoms with Crippen molar-refractivity contribution >= 4 is 23.5 Å². The van der Waals surface area contributed by atoms with Crippen LogP contribution in [0.15, 0.2) is 18.2 Å². The Bertz CT molecular complexity index is 578. The molecule has 120 valence electrons. The van der Waals surface area contributed by atoms with Crippen molar-refractivity contribution in [3.8, 4) is 5.75 Å². The predicted molar refractivity (Wildman–Crippen MR) is 92.0 cm³/mol. The van der Waals surface area contributed by atoms with Crippen LogP contribution in [0.1, 0.15) is 38.7 Å². The van der Waals surface area contributed by atoms with Gasteiger partial charge in [0.25, 0.3) is 0 Å². The van der Waals surface area contributed by atoms with E-state index >= 15 is 0 Å². The summed E-state index contributed by atoms with van der Waals surface area (Å²) in [5.74, 6) is 1.83. The minimum atomic E-state index is -0.359. The highest BCUT2D eigenvalue weighted by Gasteiger charge is 2.50. The number of fused-ring (bicyclic) bond motifs is 3. The predicted octanol–water partition coefficient (Wildman–Crippen LogP) is 3.75. The molecule has 0 aromatic heterocycles.